The quantitative estimate of drug-likeness (QED) is 0.322. The molecule has 8 heteroatoms. The molecule has 7 nitrogen and oxygen atoms in total. The number of β-lactam (4-membered cyclic amide) rings is 1. The number of ether oxygens (including phenoxy) is 1. The number of benzene rings is 1. The van der Waals surface area contributed by atoms with Crippen molar-refractivity contribution in [2.24, 2.45) is 11.7 Å². The second-order valence-electron chi connectivity index (χ2n) is 11.6. The fourth-order valence-electron chi connectivity index (χ4n) is 3.93. The van der Waals surface area contributed by atoms with Crippen molar-refractivity contribution in [1.29, 1.82) is 0 Å². The Hall–Kier alpha value is -2.19. The predicted octanol–water partition coefficient (Wildman–Crippen LogP) is 4.68. The zero-order chi connectivity index (χ0) is 25.4. The van der Waals surface area contributed by atoms with Gasteiger partial charge in [-0.15, -0.1) is 0 Å². The first kappa shape index (κ1) is 27.1. The molecule has 0 saturated carbocycles. The molecule has 2 rings (SSSR count). The number of nitrogens with one attached hydrogen (secondary N) is 1. The van der Waals surface area contributed by atoms with Gasteiger partial charge in [0.15, 0.2) is 14.1 Å². The molecule has 0 radical (unpaired) electrons. The average molecular weight is 477 g/mol. The third-order valence-electron chi connectivity index (χ3n) is 6.87. The molecule has 33 heavy (non-hydrogen) atoms. The molecule has 1 aliphatic rings. The Morgan fingerprint density at radius 1 is 1.15 bits per heavy atom. The topological polar surface area (TPSA) is 108 Å². The number of nitrogens with two attached hydrogens (primary N) is 1. The molecule has 3 N–H and O–H groups in total. The van der Waals surface area contributed by atoms with Crippen molar-refractivity contribution in [3.05, 3.63) is 34.9 Å². The van der Waals surface area contributed by atoms with Gasteiger partial charge in [0, 0.05) is 12.0 Å². The minimum Gasteiger partial charge on any atom is -0.445 e. The Morgan fingerprint density at radius 2 is 1.76 bits per heavy atom. The molecule has 184 valence electrons. The SMILES string of the molecule is C[C@@H](O[Si](C)(C)C(C)(C)C)[C@H]1C(=O)N[C@@H]1CC(=O)c1ccc(COC(N)=O)c(C(C)(C)C)c1. The Bertz CT molecular complexity index is 914. The molecule has 1 aromatic carbocycles. The second kappa shape index (κ2) is 9.58. The first-order valence-electron chi connectivity index (χ1n) is 11.5. The van der Waals surface area contributed by atoms with E-state index in [1.807, 2.05) is 33.8 Å². The average Bonchev–Trinajstić information content (AvgIpc) is 2.63. The summed E-state index contributed by atoms with van der Waals surface area (Å²) in [4.78, 5) is 36.5. The van der Waals surface area contributed by atoms with Gasteiger partial charge in [0.05, 0.1) is 18.1 Å². The van der Waals surface area contributed by atoms with Gasteiger partial charge < -0.3 is 20.2 Å². The molecular weight excluding hydrogens is 436 g/mol. The monoisotopic (exact) mass is 476 g/mol. The van der Waals surface area contributed by atoms with Gasteiger partial charge in [-0.25, -0.2) is 4.79 Å². The summed E-state index contributed by atoms with van der Waals surface area (Å²) in [5.41, 5.74) is 7.14. The molecule has 1 saturated heterocycles. The van der Waals surface area contributed by atoms with Crippen LogP contribution in [-0.4, -0.2) is 38.2 Å². The third kappa shape index (κ3) is 6.44. The van der Waals surface area contributed by atoms with Crippen LogP contribution in [0.1, 0.15) is 76.4 Å². The number of primary amides is 1. The summed E-state index contributed by atoms with van der Waals surface area (Å²) in [5.74, 6) is -0.445. The Balaban J connectivity index is 2.17. The van der Waals surface area contributed by atoms with Gasteiger partial charge in [0.25, 0.3) is 0 Å². The van der Waals surface area contributed by atoms with E-state index in [2.05, 4.69) is 39.2 Å². The number of ketones is 1. The lowest BCUT2D eigenvalue weighted by molar-refractivity contribution is -0.139. The molecule has 2 amide bonds. The van der Waals surface area contributed by atoms with Crippen molar-refractivity contribution in [3.63, 3.8) is 0 Å². The first-order chi connectivity index (χ1) is 14.9. The highest BCUT2D eigenvalue weighted by atomic mass is 28.4. The molecule has 0 unspecified atom stereocenters. The summed E-state index contributed by atoms with van der Waals surface area (Å²) in [7, 11) is -2.04. The zero-order valence-corrected chi connectivity index (χ0v) is 22.5. The summed E-state index contributed by atoms with van der Waals surface area (Å²) in [6.45, 7) is 18.9. The van der Waals surface area contributed by atoms with Crippen LogP contribution in [-0.2, 0) is 26.0 Å². The Morgan fingerprint density at radius 3 is 2.24 bits per heavy atom. The number of Topliss-reactive ketones (excluding diaryl/α,β-unsaturated/α-hetero) is 1. The molecule has 1 fully saturated rings. The van der Waals surface area contributed by atoms with E-state index in [9.17, 15) is 14.4 Å². The molecular formula is C25H40N2O5Si. The lowest BCUT2D eigenvalue weighted by Gasteiger charge is -2.45. The third-order valence-corrected chi connectivity index (χ3v) is 11.4. The van der Waals surface area contributed by atoms with E-state index >= 15 is 0 Å². The van der Waals surface area contributed by atoms with E-state index in [0.717, 1.165) is 11.1 Å². The lowest BCUT2D eigenvalue weighted by atomic mass is 9.80. The zero-order valence-electron chi connectivity index (χ0n) is 21.5. The standard InChI is InChI=1S/C25H40N2O5Si/c1-15(32-33(8,9)25(5,6)7)21-19(27-22(21)29)13-20(28)16-10-11-17(14-31-23(26)30)18(12-16)24(2,3)4/h10-12,15,19,21H,13-14H2,1-9H3,(H2,26,30)(H,27,29)/t15-,19-,21-/m1/s1. The van der Waals surface area contributed by atoms with Gasteiger partial charge in [-0.2, -0.15) is 0 Å². The van der Waals surface area contributed by atoms with Crippen molar-refractivity contribution < 1.29 is 23.5 Å². The van der Waals surface area contributed by atoms with Crippen LogP contribution in [0.2, 0.25) is 18.1 Å². The number of hydrogen-bond donors (Lipinski definition) is 2. The molecule has 3 atom stereocenters. The Kier molecular flexibility index (Phi) is 7.86. The van der Waals surface area contributed by atoms with E-state index in [0.29, 0.717) is 5.56 Å². The molecule has 1 aliphatic heterocycles. The minimum atomic E-state index is -2.04. The molecule has 1 aromatic rings. The maximum Gasteiger partial charge on any atom is 0.404 e. The maximum atomic E-state index is 13.1. The predicted molar refractivity (Wildman–Crippen MR) is 132 cm³/mol. The van der Waals surface area contributed by atoms with Crippen LogP contribution in [0.5, 0.6) is 0 Å². The minimum absolute atomic E-state index is 0.0378. The van der Waals surface area contributed by atoms with Crippen LogP contribution in [0.25, 0.3) is 0 Å². The highest BCUT2D eigenvalue weighted by Gasteiger charge is 2.47. The summed E-state index contributed by atoms with van der Waals surface area (Å²) in [5, 5.41) is 2.93. The van der Waals surface area contributed by atoms with Gasteiger partial charge >= 0.3 is 6.09 Å². The molecule has 0 bridgehead atoms. The number of amides is 2. The largest absolute Gasteiger partial charge is 0.445 e. The molecule has 1 heterocycles. The molecule has 0 spiro atoms. The highest BCUT2D eigenvalue weighted by Crippen LogP contribution is 2.39. The van der Waals surface area contributed by atoms with Crippen molar-refractivity contribution in [1.82, 2.24) is 5.32 Å². The highest BCUT2D eigenvalue weighted by molar-refractivity contribution is 6.74. The van der Waals surface area contributed by atoms with Crippen LogP contribution in [0.4, 0.5) is 4.79 Å². The number of carbonyl (C=O) groups is 3. The van der Waals surface area contributed by atoms with Crippen molar-refractivity contribution in [2.45, 2.75) is 97.2 Å². The van der Waals surface area contributed by atoms with E-state index in [1.54, 1.807) is 12.1 Å². The summed E-state index contributed by atoms with van der Waals surface area (Å²) < 4.78 is 11.4. The molecule has 0 aromatic heterocycles. The van der Waals surface area contributed by atoms with Gasteiger partial charge in [0.1, 0.15) is 6.61 Å². The smallest absolute Gasteiger partial charge is 0.404 e. The summed E-state index contributed by atoms with van der Waals surface area (Å²) in [6, 6.07) is 5.15. The fraction of sp³-hybridized carbons (Fsp3) is 0.640. The number of carbonyl (C=O) groups excluding carboxylic acids is 3. The van der Waals surface area contributed by atoms with Crippen molar-refractivity contribution >= 4 is 26.1 Å². The normalized spacial score (nSPS) is 20.0. The van der Waals surface area contributed by atoms with Crippen molar-refractivity contribution in [2.75, 3.05) is 0 Å². The fourth-order valence-corrected chi connectivity index (χ4v) is 5.36. The first-order valence-corrected chi connectivity index (χ1v) is 14.4. The van der Waals surface area contributed by atoms with E-state index < -0.39 is 14.4 Å². The number of hydrogen-bond acceptors (Lipinski definition) is 5. The van der Waals surface area contributed by atoms with Gasteiger partial charge in [0.2, 0.25) is 5.91 Å². The summed E-state index contributed by atoms with van der Waals surface area (Å²) >= 11 is 0. The van der Waals surface area contributed by atoms with Crippen LogP contribution in [0, 0.1) is 5.92 Å². The Labute approximate surface area is 198 Å². The van der Waals surface area contributed by atoms with Crippen molar-refractivity contribution in [3.8, 4) is 0 Å². The van der Waals surface area contributed by atoms with Crippen LogP contribution >= 0.6 is 0 Å². The number of rotatable bonds is 8. The molecule has 0 aliphatic carbocycles. The second-order valence-corrected chi connectivity index (χ2v) is 16.3. The lowest BCUT2D eigenvalue weighted by Crippen LogP contribution is -2.64. The van der Waals surface area contributed by atoms with E-state index in [4.69, 9.17) is 14.9 Å². The van der Waals surface area contributed by atoms with Gasteiger partial charge in [-0.05, 0) is 47.7 Å². The van der Waals surface area contributed by atoms with Gasteiger partial charge in [-0.3, -0.25) is 9.59 Å². The van der Waals surface area contributed by atoms with Crippen LogP contribution in [0.15, 0.2) is 18.2 Å². The van der Waals surface area contributed by atoms with E-state index in [1.165, 1.54) is 0 Å². The van der Waals surface area contributed by atoms with E-state index in [-0.39, 0.29) is 53.2 Å². The van der Waals surface area contributed by atoms with Crippen LogP contribution in [0.3, 0.4) is 0 Å². The van der Waals surface area contributed by atoms with Gasteiger partial charge in [-0.1, -0.05) is 53.7 Å². The maximum absolute atomic E-state index is 13.1. The summed E-state index contributed by atoms with van der Waals surface area (Å²) in [6.07, 6.45) is -0.880. The van der Waals surface area contributed by atoms with Crippen LogP contribution < -0.4 is 11.1 Å².